The van der Waals surface area contributed by atoms with Gasteiger partial charge < -0.3 is 9.47 Å². The van der Waals surface area contributed by atoms with Crippen LogP contribution in [0.2, 0.25) is 0 Å². The van der Waals surface area contributed by atoms with Gasteiger partial charge in [0.05, 0.1) is 7.11 Å². The molecule has 2 nitrogen and oxygen atoms in total. The zero-order valence-electron chi connectivity index (χ0n) is 12.3. The summed E-state index contributed by atoms with van der Waals surface area (Å²) in [6.45, 7) is 0.293. The molecule has 5 heteroatoms. The van der Waals surface area contributed by atoms with E-state index in [0.717, 1.165) is 17.4 Å². The van der Waals surface area contributed by atoms with E-state index in [4.69, 9.17) is 9.47 Å². The standard InChI is InChI=1S/C18H13F3O2/c1-22-13-4-2-11(3-5-13)10-23-14-6-7-15-12(8-14)9-16(19)18(21)17(15)20/h2-9H,10H2,1H3. The lowest BCUT2D eigenvalue weighted by molar-refractivity contribution is 0.306. The number of halogens is 3. The zero-order valence-corrected chi connectivity index (χ0v) is 12.3. The molecule has 0 aliphatic heterocycles. The first-order chi connectivity index (χ1) is 11.1. The largest absolute Gasteiger partial charge is 0.497 e. The van der Waals surface area contributed by atoms with Crippen LogP contribution in [0.4, 0.5) is 13.2 Å². The van der Waals surface area contributed by atoms with Crippen LogP contribution in [0.3, 0.4) is 0 Å². The first-order valence-corrected chi connectivity index (χ1v) is 6.91. The van der Waals surface area contributed by atoms with Crippen LogP contribution >= 0.6 is 0 Å². The highest BCUT2D eigenvalue weighted by Crippen LogP contribution is 2.27. The van der Waals surface area contributed by atoms with Gasteiger partial charge in [-0.2, -0.15) is 0 Å². The molecule has 3 rings (SSSR count). The third-order valence-electron chi connectivity index (χ3n) is 3.51. The Bertz CT molecular complexity index is 845. The first kappa shape index (κ1) is 15.2. The van der Waals surface area contributed by atoms with E-state index < -0.39 is 17.5 Å². The lowest BCUT2D eigenvalue weighted by atomic mass is 10.1. The van der Waals surface area contributed by atoms with Gasteiger partial charge in [0.2, 0.25) is 0 Å². The van der Waals surface area contributed by atoms with Crippen LogP contribution in [0.15, 0.2) is 48.5 Å². The molecule has 0 saturated carbocycles. The van der Waals surface area contributed by atoms with E-state index >= 15 is 0 Å². The van der Waals surface area contributed by atoms with Crippen LogP contribution in [0.25, 0.3) is 10.8 Å². The average molecular weight is 318 g/mol. The van der Waals surface area contributed by atoms with Crippen LogP contribution in [0.1, 0.15) is 5.56 Å². The summed E-state index contributed by atoms with van der Waals surface area (Å²) in [4.78, 5) is 0. The maximum atomic E-state index is 13.6. The fraction of sp³-hybridized carbons (Fsp3) is 0.111. The zero-order chi connectivity index (χ0) is 16.4. The number of benzene rings is 3. The summed E-state index contributed by atoms with van der Waals surface area (Å²) >= 11 is 0. The molecule has 0 aliphatic rings. The highest BCUT2D eigenvalue weighted by Gasteiger charge is 2.13. The lowest BCUT2D eigenvalue weighted by Crippen LogP contribution is -1.97. The number of rotatable bonds is 4. The predicted molar refractivity (Wildman–Crippen MR) is 81.1 cm³/mol. The Kier molecular flexibility index (Phi) is 4.10. The van der Waals surface area contributed by atoms with Gasteiger partial charge in [-0.05, 0) is 47.3 Å². The molecule has 118 valence electrons. The molecule has 23 heavy (non-hydrogen) atoms. The molecule has 0 unspecified atom stereocenters. The monoisotopic (exact) mass is 318 g/mol. The van der Waals surface area contributed by atoms with E-state index in [0.29, 0.717) is 12.4 Å². The van der Waals surface area contributed by atoms with E-state index in [-0.39, 0.29) is 10.8 Å². The van der Waals surface area contributed by atoms with Crippen molar-refractivity contribution in [1.29, 1.82) is 0 Å². The van der Waals surface area contributed by atoms with Crippen molar-refractivity contribution in [2.75, 3.05) is 7.11 Å². The third-order valence-corrected chi connectivity index (χ3v) is 3.51. The van der Waals surface area contributed by atoms with Crippen molar-refractivity contribution in [1.82, 2.24) is 0 Å². The van der Waals surface area contributed by atoms with Crippen molar-refractivity contribution in [3.63, 3.8) is 0 Å². The molecule has 0 fully saturated rings. The van der Waals surface area contributed by atoms with E-state index in [1.807, 2.05) is 24.3 Å². The maximum Gasteiger partial charge on any atom is 0.195 e. The molecule has 0 amide bonds. The van der Waals surface area contributed by atoms with Crippen molar-refractivity contribution in [2.45, 2.75) is 6.61 Å². The highest BCUT2D eigenvalue weighted by atomic mass is 19.2. The molecule has 0 radical (unpaired) electrons. The van der Waals surface area contributed by atoms with Crippen LogP contribution < -0.4 is 9.47 Å². The Balaban J connectivity index is 1.81. The fourth-order valence-electron chi connectivity index (χ4n) is 2.26. The summed E-state index contributed by atoms with van der Waals surface area (Å²) in [5, 5.41) is 0.259. The van der Waals surface area contributed by atoms with Gasteiger partial charge in [-0.3, -0.25) is 0 Å². The van der Waals surface area contributed by atoms with Gasteiger partial charge in [-0.15, -0.1) is 0 Å². The molecule has 0 heterocycles. The summed E-state index contributed by atoms with van der Waals surface area (Å²) in [6.07, 6.45) is 0. The van der Waals surface area contributed by atoms with Crippen molar-refractivity contribution in [3.8, 4) is 11.5 Å². The number of fused-ring (bicyclic) bond motifs is 1. The molecule has 0 aromatic heterocycles. The Morgan fingerprint density at radius 3 is 2.22 bits per heavy atom. The molecule has 3 aromatic rings. The number of hydrogen-bond acceptors (Lipinski definition) is 2. The molecule has 0 saturated heterocycles. The quantitative estimate of drug-likeness (QED) is 0.641. The van der Waals surface area contributed by atoms with Gasteiger partial charge in [-0.1, -0.05) is 12.1 Å². The third kappa shape index (κ3) is 3.08. The molecule has 0 aliphatic carbocycles. The van der Waals surface area contributed by atoms with E-state index in [1.54, 1.807) is 7.11 Å². The average Bonchev–Trinajstić information content (AvgIpc) is 2.58. The van der Waals surface area contributed by atoms with Crippen LogP contribution in [0.5, 0.6) is 11.5 Å². The van der Waals surface area contributed by atoms with Gasteiger partial charge in [0.1, 0.15) is 18.1 Å². The minimum Gasteiger partial charge on any atom is -0.497 e. The van der Waals surface area contributed by atoms with Gasteiger partial charge in [-0.25, -0.2) is 13.2 Å². The smallest absolute Gasteiger partial charge is 0.195 e. The summed E-state index contributed by atoms with van der Waals surface area (Å²) in [5.74, 6) is -2.69. The molecule has 3 aromatic carbocycles. The molecule has 0 N–H and O–H groups in total. The highest BCUT2D eigenvalue weighted by molar-refractivity contribution is 5.84. The van der Waals surface area contributed by atoms with Gasteiger partial charge in [0.25, 0.3) is 0 Å². The molecule has 0 spiro atoms. The van der Waals surface area contributed by atoms with Crippen molar-refractivity contribution >= 4 is 10.8 Å². The second-order valence-electron chi connectivity index (χ2n) is 5.01. The van der Waals surface area contributed by atoms with Crippen LogP contribution in [-0.2, 0) is 6.61 Å². The van der Waals surface area contributed by atoms with E-state index in [2.05, 4.69) is 0 Å². The van der Waals surface area contributed by atoms with Crippen molar-refractivity contribution < 1.29 is 22.6 Å². The second-order valence-corrected chi connectivity index (χ2v) is 5.01. The number of methoxy groups -OCH3 is 1. The van der Waals surface area contributed by atoms with Crippen molar-refractivity contribution in [3.05, 3.63) is 71.5 Å². The SMILES string of the molecule is COc1ccc(COc2ccc3c(F)c(F)c(F)cc3c2)cc1. The second kappa shape index (κ2) is 6.20. The van der Waals surface area contributed by atoms with Gasteiger partial charge in [0, 0.05) is 5.39 Å². The Hall–Kier alpha value is -2.69. The first-order valence-electron chi connectivity index (χ1n) is 6.91. The number of ether oxygens (including phenoxy) is 2. The van der Waals surface area contributed by atoms with E-state index in [9.17, 15) is 13.2 Å². The summed E-state index contributed by atoms with van der Waals surface area (Å²) in [6, 6.07) is 12.7. The minimum atomic E-state index is -1.47. The topological polar surface area (TPSA) is 18.5 Å². The van der Waals surface area contributed by atoms with Crippen molar-refractivity contribution in [2.24, 2.45) is 0 Å². The van der Waals surface area contributed by atoms with Gasteiger partial charge >= 0.3 is 0 Å². The predicted octanol–water partition coefficient (Wildman–Crippen LogP) is 4.84. The summed E-state index contributed by atoms with van der Waals surface area (Å²) < 4.78 is 50.8. The Morgan fingerprint density at radius 1 is 0.826 bits per heavy atom. The van der Waals surface area contributed by atoms with Gasteiger partial charge in [0.15, 0.2) is 17.5 Å². The van der Waals surface area contributed by atoms with Crippen LogP contribution in [0, 0.1) is 17.5 Å². The lowest BCUT2D eigenvalue weighted by Gasteiger charge is -2.09. The summed E-state index contributed by atoms with van der Waals surface area (Å²) in [5.41, 5.74) is 0.919. The van der Waals surface area contributed by atoms with E-state index in [1.165, 1.54) is 18.2 Å². The fourth-order valence-corrected chi connectivity index (χ4v) is 2.26. The van der Waals surface area contributed by atoms with Crippen LogP contribution in [-0.4, -0.2) is 7.11 Å². The molecular weight excluding hydrogens is 305 g/mol. The number of hydrogen-bond donors (Lipinski definition) is 0. The Morgan fingerprint density at radius 2 is 1.52 bits per heavy atom. The Labute approximate surface area is 131 Å². The molecule has 0 bridgehead atoms. The molecule has 0 atom stereocenters. The molecular formula is C18H13F3O2. The maximum absolute atomic E-state index is 13.6. The minimum absolute atomic E-state index is 0.0145. The normalized spacial score (nSPS) is 10.8. The summed E-state index contributed by atoms with van der Waals surface area (Å²) in [7, 11) is 1.59.